The molecule has 5 rings (SSSR count). The molecule has 0 aliphatic carbocycles. The lowest BCUT2D eigenvalue weighted by molar-refractivity contribution is 0.0669. The third kappa shape index (κ3) is 4.90. The van der Waals surface area contributed by atoms with Gasteiger partial charge in [-0.25, -0.2) is 28.3 Å². The number of aryl methyl sites for hydroxylation is 2. The van der Waals surface area contributed by atoms with E-state index in [2.05, 4.69) is 24.9 Å². The van der Waals surface area contributed by atoms with E-state index < -0.39 is 18.3 Å². The number of nitrogens with zero attached hydrogens (tertiary/aromatic N) is 8. The molecule has 1 aliphatic heterocycles. The van der Waals surface area contributed by atoms with Crippen molar-refractivity contribution in [3.63, 3.8) is 0 Å². The molecule has 0 saturated heterocycles. The van der Waals surface area contributed by atoms with Gasteiger partial charge in [-0.15, -0.1) is 5.10 Å². The van der Waals surface area contributed by atoms with Crippen LogP contribution in [0.15, 0.2) is 36.8 Å². The Bertz CT molecular complexity index is 1620. The number of carbonyl (C=O) groups excluding carboxylic acids is 1. The Hall–Kier alpha value is -4.66. The molecular formula is C28H28F2N8O2. The summed E-state index contributed by atoms with van der Waals surface area (Å²) in [7, 11) is 1.57. The average Bonchev–Trinajstić information content (AvgIpc) is 3.53. The lowest BCUT2D eigenvalue weighted by Gasteiger charge is -2.34. The number of ether oxygens (including phenoxy) is 1. The first-order valence-corrected chi connectivity index (χ1v) is 12.9. The summed E-state index contributed by atoms with van der Waals surface area (Å²) in [6.45, 7) is 14.2. The highest BCUT2D eigenvalue weighted by Crippen LogP contribution is 2.36. The number of amides is 1. The molecule has 40 heavy (non-hydrogen) atoms. The Kier molecular flexibility index (Phi) is 7.30. The number of hydrogen-bond donors (Lipinski definition) is 0. The van der Waals surface area contributed by atoms with E-state index in [0.717, 1.165) is 17.0 Å². The summed E-state index contributed by atoms with van der Waals surface area (Å²) in [6.07, 6.45) is 2.68. The number of pyridine rings is 1. The maximum absolute atomic E-state index is 14.0. The Labute approximate surface area is 230 Å². The first kappa shape index (κ1) is 26.9. The van der Waals surface area contributed by atoms with Gasteiger partial charge in [0.15, 0.2) is 5.82 Å². The number of fused-ring (bicyclic) bond motifs is 1. The van der Waals surface area contributed by atoms with Crippen molar-refractivity contribution in [2.45, 2.75) is 46.2 Å². The van der Waals surface area contributed by atoms with Crippen molar-refractivity contribution in [1.29, 1.82) is 0 Å². The minimum Gasteiger partial charge on any atom is -0.505 e. The monoisotopic (exact) mass is 546 g/mol. The summed E-state index contributed by atoms with van der Waals surface area (Å²) < 4.78 is 35.8. The normalized spacial score (nSPS) is 13.8. The lowest BCUT2D eigenvalue weighted by atomic mass is 9.90. The maximum atomic E-state index is 14.0. The number of aromatic nitrogens is 6. The van der Waals surface area contributed by atoms with Gasteiger partial charge in [-0.2, -0.15) is 0 Å². The van der Waals surface area contributed by atoms with Gasteiger partial charge in [0, 0.05) is 49.9 Å². The van der Waals surface area contributed by atoms with E-state index >= 15 is 0 Å². The van der Waals surface area contributed by atoms with Crippen molar-refractivity contribution >= 4 is 11.6 Å². The van der Waals surface area contributed by atoms with Crippen LogP contribution < -0.4 is 4.74 Å². The molecule has 4 aromatic rings. The Balaban J connectivity index is 1.57. The van der Waals surface area contributed by atoms with Crippen molar-refractivity contribution in [3.05, 3.63) is 82.2 Å². The van der Waals surface area contributed by atoms with Crippen molar-refractivity contribution in [1.82, 2.24) is 34.2 Å². The fourth-order valence-electron chi connectivity index (χ4n) is 5.03. The number of carbonyl (C=O) groups is 1. The van der Waals surface area contributed by atoms with Crippen LogP contribution in [-0.4, -0.2) is 53.3 Å². The lowest BCUT2D eigenvalue weighted by Crippen LogP contribution is -2.40. The molecule has 206 valence electrons. The minimum atomic E-state index is -2.81. The maximum Gasteiger partial charge on any atom is 0.299 e. The molecule has 0 saturated carbocycles. The zero-order chi connectivity index (χ0) is 28.6. The molecule has 0 bridgehead atoms. The SMILES string of the molecule is [C-]#[N+]c1cnc([C@H](C)N2CCc3c(cc(Cn4ccnc4C)cc3-c3nc(C(F)F)nn3C)C2=O)cc1OCC. The van der Waals surface area contributed by atoms with Crippen LogP contribution in [0.4, 0.5) is 14.5 Å². The Morgan fingerprint density at radius 3 is 2.62 bits per heavy atom. The molecule has 0 spiro atoms. The first-order chi connectivity index (χ1) is 19.2. The van der Waals surface area contributed by atoms with Crippen LogP contribution in [0.25, 0.3) is 16.2 Å². The second-order valence-corrected chi connectivity index (χ2v) is 9.54. The molecule has 1 aromatic carbocycles. The fraction of sp³-hybridized carbons (Fsp3) is 0.357. The molecule has 3 aromatic heterocycles. The highest BCUT2D eigenvalue weighted by atomic mass is 19.3. The van der Waals surface area contributed by atoms with E-state index in [0.29, 0.717) is 54.4 Å². The van der Waals surface area contributed by atoms with Crippen molar-refractivity contribution < 1.29 is 18.3 Å². The predicted molar refractivity (Wildman–Crippen MR) is 142 cm³/mol. The third-order valence-corrected chi connectivity index (χ3v) is 7.08. The predicted octanol–water partition coefficient (Wildman–Crippen LogP) is 5.08. The quantitative estimate of drug-likeness (QED) is 0.286. The zero-order valence-electron chi connectivity index (χ0n) is 22.6. The number of halogens is 2. The van der Waals surface area contributed by atoms with Crippen LogP contribution in [0, 0.1) is 13.5 Å². The van der Waals surface area contributed by atoms with Crippen LogP contribution in [0.5, 0.6) is 5.75 Å². The molecular weight excluding hydrogens is 518 g/mol. The molecule has 0 N–H and O–H groups in total. The number of rotatable bonds is 8. The van der Waals surface area contributed by atoms with Crippen LogP contribution in [0.2, 0.25) is 0 Å². The van der Waals surface area contributed by atoms with E-state index in [-0.39, 0.29) is 11.7 Å². The highest BCUT2D eigenvalue weighted by Gasteiger charge is 2.33. The summed E-state index contributed by atoms with van der Waals surface area (Å²) in [4.78, 5) is 32.0. The molecule has 1 aliphatic rings. The van der Waals surface area contributed by atoms with Gasteiger partial charge < -0.3 is 14.2 Å². The Morgan fingerprint density at radius 1 is 1.20 bits per heavy atom. The summed E-state index contributed by atoms with van der Waals surface area (Å²) in [5.74, 6) is 0.751. The molecule has 0 fully saturated rings. The summed E-state index contributed by atoms with van der Waals surface area (Å²) in [6, 6.07) is 5.05. The second-order valence-electron chi connectivity index (χ2n) is 9.54. The molecule has 12 heteroatoms. The van der Waals surface area contributed by atoms with Gasteiger partial charge >= 0.3 is 0 Å². The largest absolute Gasteiger partial charge is 0.505 e. The number of imidazole rings is 1. The second kappa shape index (κ2) is 10.8. The van der Waals surface area contributed by atoms with E-state index in [1.54, 1.807) is 24.2 Å². The van der Waals surface area contributed by atoms with Gasteiger partial charge in [-0.1, -0.05) is 0 Å². The van der Waals surface area contributed by atoms with E-state index in [1.165, 1.54) is 10.9 Å². The minimum absolute atomic E-state index is 0.204. The van der Waals surface area contributed by atoms with Crippen molar-refractivity contribution in [2.75, 3.05) is 13.2 Å². The smallest absolute Gasteiger partial charge is 0.299 e. The van der Waals surface area contributed by atoms with E-state index in [4.69, 9.17) is 11.3 Å². The van der Waals surface area contributed by atoms with Gasteiger partial charge in [0.1, 0.15) is 11.6 Å². The Morgan fingerprint density at radius 2 is 1.98 bits per heavy atom. The third-order valence-electron chi connectivity index (χ3n) is 7.08. The van der Waals surface area contributed by atoms with Gasteiger partial charge in [0.25, 0.3) is 12.3 Å². The zero-order valence-corrected chi connectivity index (χ0v) is 22.6. The van der Waals surface area contributed by atoms with Crippen LogP contribution in [0.1, 0.15) is 65.1 Å². The highest BCUT2D eigenvalue weighted by molar-refractivity contribution is 5.99. The average molecular weight is 547 g/mol. The number of benzene rings is 1. The summed E-state index contributed by atoms with van der Waals surface area (Å²) in [5.41, 5.74) is 3.54. The first-order valence-electron chi connectivity index (χ1n) is 12.9. The van der Waals surface area contributed by atoms with Crippen LogP contribution in [-0.2, 0) is 20.0 Å². The molecule has 0 unspecified atom stereocenters. The standard InChI is InChI=1S/C28H28F2N8O2/c1-6-40-24-13-22(33-14-23(24)31-4)16(2)38-9-7-19-20(27-34-26(25(29)30)35-36(27)5)11-18(12-21(19)28(38)39)15-37-10-8-32-17(37)3/h8,10-14,16,25H,6-7,9,15H2,1-3,5H3/t16-/m0/s1. The molecule has 10 nitrogen and oxygen atoms in total. The summed E-state index contributed by atoms with van der Waals surface area (Å²) in [5, 5.41) is 3.90. The van der Waals surface area contributed by atoms with Crippen LogP contribution in [0.3, 0.4) is 0 Å². The van der Waals surface area contributed by atoms with Crippen molar-refractivity contribution in [3.8, 4) is 17.1 Å². The molecule has 1 atom stereocenters. The van der Waals surface area contributed by atoms with Gasteiger partial charge in [-0.3, -0.25) is 9.78 Å². The van der Waals surface area contributed by atoms with Gasteiger partial charge in [-0.05, 0) is 56.5 Å². The van der Waals surface area contributed by atoms with Gasteiger partial charge in [0.05, 0.1) is 24.9 Å². The molecule has 1 amide bonds. The van der Waals surface area contributed by atoms with E-state index in [9.17, 15) is 13.6 Å². The molecule has 0 radical (unpaired) electrons. The number of hydrogen-bond acceptors (Lipinski definition) is 6. The van der Waals surface area contributed by atoms with Crippen LogP contribution >= 0.6 is 0 Å². The molecule has 4 heterocycles. The fourth-order valence-corrected chi connectivity index (χ4v) is 5.03. The summed E-state index contributed by atoms with van der Waals surface area (Å²) >= 11 is 0. The van der Waals surface area contributed by atoms with E-state index in [1.807, 2.05) is 43.7 Å². The van der Waals surface area contributed by atoms with Gasteiger partial charge in [0.2, 0.25) is 11.5 Å². The van der Waals surface area contributed by atoms with Crippen molar-refractivity contribution in [2.24, 2.45) is 7.05 Å². The topological polar surface area (TPSA) is 95.3 Å². The number of alkyl halides is 2.